The molecule has 0 radical (unpaired) electrons. The molecule has 2 aromatic rings. The predicted octanol–water partition coefficient (Wildman–Crippen LogP) is -4.67. The van der Waals surface area contributed by atoms with Gasteiger partial charge < -0.3 is 42.6 Å². The summed E-state index contributed by atoms with van der Waals surface area (Å²) in [5.41, 5.74) is 1.14. The van der Waals surface area contributed by atoms with E-state index in [1.54, 1.807) is 12.1 Å². The fourth-order valence-electron chi connectivity index (χ4n) is 3.17. The van der Waals surface area contributed by atoms with Crippen LogP contribution in [0.1, 0.15) is 11.1 Å². The molecule has 0 aliphatic carbocycles. The number of ether oxygens (including phenoxy) is 5. The number of carbonyl (C=O) groups is 1. The zero-order valence-corrected chi connectivity index (χ0v) is 24.0. The zero-order valence-electron chi connectivity index (χ0n) is 19.1. The monoisotopic (exact) mass is 496 g/mol. The van der Waals surface area contributed by atoms with E-state index in [9.17, 15) is 19.1 Å². The number of phosphoric ester groups is 1. The molecule has 13 heteroatoms. The van der Waals surface area contributed by atoms with Crippen molar-refractivity contribution >= 4 is 19.2 Å². The van der Waals surface area contributed by atoms with Gasteiger partial charge in [0, 0.05) is 5.56 Å². The second kappa shape index (κ2) is 12.5. The average molecular weight is 496 g/mol. The molecule has 166 valence electrons. The second-order valence-corrected chi connectivity index (χ2v) is 7.32. The van der Waals surface area contributed by atoms with Gasteiger partial charge in [-0.2, -0.15) is 0 Å². The standard InChI is InChI=1S/C20H21O10P.2Na/c1-25-15-6-5-11(7-16(15)30-31(22,23)24)13-8-12(21)10-29-18-14(13)9-17(26-2)19(27-3)20(18)28-4;;/h5-9H,10H2,1-4H3,(H2,22,23,24);;/q;2*+1/p-2. The first-order valence-corrected chi connectivity index (χ1v) is 10.3. The molecular formula is C20H19Na2O10P. The summed E-state index contributed by atoms with van der Waals surface area (Å²) in [6.07, 6.45) is 1.33. The average Bonchev–Trinajstić information content (AvgIpc) is 2.89. The van der Waals surface area contributed by atoms with Crippen LogP contribution in [0.2, 0.25) is 0 Å². The van der Waals surface area contributed by atoms with Crippen molar-refractivity contribution in [3.05, 3.63) is 41.5 Å². The Morgan fingerprint density at radius 1 is 0.879 bits per heavy atom. The van der Waals surface area contributed by atoms with Gasteiger partial charge >= 0.3 is 59.1 Å². The molecule has 0 bridgehead atoms. The predicted molar refractivity (Wildman–Crippen MR) is 105 cm³/mol. The van der Waals surface area contributed by atoms with Crippen LogP contribution in [0.3, 0.4) is 0 Å². The summed E-state index contributed by atoms with van der Waals surface area (Å²) in [6.45, 7) is -0.266. The number of phosphoric acid groups is 1. The number of methoxy groups -OCH3 is 4. The van der Waals surface area contributed by atoms with Gasteiger partial charge in [-0.05, 0) is 35.4 Å². The molecule has 0 spiro atoms. The molecular weight excluding hydrogens is 477 g/mol. The molecule has 2 aromatic carbocycles. The van der Waals surface area contributed by atoms with Crippen LogP contribution in [0.15, 0.2) is 30.3 Å². The van der Waals surface area contributed by atoms with Gasteiger partial charge in [0.2, 0.25) is 11.5 Å². The quantitative estimate of drug-likeness (QED) is 0.272. The number of carbonyl (C=O) groups excluding carboxylic acids is 1. The van der Waals surface area contributed by atoms with Gasteiger partial charge in [-0.25, -0.2) is 0 Å². The van der Waals surface area contributed by atoms with Crippen LogP contribution in [0.5, 0.6) is 34.5 Å². The molecule has 0 saturated heterocycles. The molecule has 3 rings (SSSR count). The molecule has 1 heterocycles. The van der Waals surface area contributed by atoms with Crippen molar-refractivity contribution in [2.24, 2.45) is 0 Å². The van der Waals surface area contributed by atoms with E-state index < -0.39 is 7.82 Å². The molecule has 0 amide bonds. The van der Waals surface area contributed by atoms with Gasteiger partial charge in [-0.1, -0.05) is 6.07 Å². The molecule has 0 unspecified atom stereocenters. The molecule has 0 aromatic heterocycles. The van der Waals surface area contributed by atoms with E-state index in [1.807, 2.05) is 0 Å². The van der Waals surface area contributed by atoms with Gasteiger partial charge in [0.25, 0.3) is 0 Å². The first-order chi connectivity index (χ1) is 14.7. The van der Waals surface area contributed by atoms with Crippen LogP contribution in [0, 0.1) is 0 Å². The van der Waals surface area contributed by atoms with Crippen LogP contribution < -0.4 is 97.1 Å². The summed E-state index contributed by atoms with van der Waals surface area (Å²) < 4.78 is 42.6. The van der Waals surface area contributed by atoms with Gasteiger partial charge in [0.15, 0.2) is 35.4 Å². The summed E-state index contributed by atoms with van der Waals surface area (Å²) >= 11 is 0. The third-order valence-corrected chi connectivity index (χ3v) is 4.84. The summed E-state index contributed by atoms with van der Waals surface area (Å²) in [7, 11) is 0.221. The van der Waals surface area contributed by atoms with Gasteiger partial charge in [-0.15, -0.1) is 0 Å². The Labute approximate surface area is 235 Å². The van der Waals surface area contributed by atoms with Crippen LogP contribution in [-0.4, -0.2) is 40.8 Å². The van der Waals surface area contributed by atoms with Crippen molar-refractivity contribution < 1.29 is 106 Å². The number of hydrogen-bond acceptors (Lipinski definition) is 10. The van der Waals surface area contributed by atoms with Crippen molar-refractivity contribution in [1.29, 1.82) is 0 Å². The van der Waals surface area contributed by atoms with Crippen molar-refractivity contribution in [2.45, 2.75) is 0 Å². The van der Waals surface area contributed by atoms with E-state index in [1.165, 1.54) is 46.6 Å². The Kier molecular flexibility index (Phi) is 11.3. The number of rotatable bonds is 7. The van der Waals surface area contributed by atoms with Gasteiger partial charge in [0.05, 0.1) is 28.4 Å². The Bertz CT molecular complexity index is 1100. The van der Waals surface area contributed by atoms with E-state index in [0.29, 0.717) is 22.4 Å². The number of benzene rings is 2. The summed E-state index contributed by atoms with van der Waals surface area (Å²) in [5.74, 6) is 0.381. The minimum absolute atomic E-state index is 0. The van der Waals surface area contributed by atoms with Crippen molar-refractivity contribution in [3.8, 4) is 34.5 Å². The topological polar surface area (TPSA) is 136 Å². The smallest absolute Gasteiger partial charge is 0.780 e. The van der Waals surface area contributed by atoms with E-state index in [0.717, 1.165) is 0 Å². The van der Waals surface area contributed by atoms with E-state index in [-0.39, 0.29) is 100 Å². The summed E-state index contributed by atoms with van der Waals surface area (Å²) in [4.78, 5) is 34.7. The fourth-order valence-corrected chi connectivity index (χ4v) is 3.56. The van der Waals surface area contributed by atoms with Crippen LogP contribution in [-0.2, 0) is 9.36 Å². The minimum Gasteiger partial charge on any atom is -0.780 e. The van der Waals surface area contributed by atoms with E-state index >= 15 is 0 Å². The second-order valence-electron chi connectivity index (χ2n) is 6.24. The Morgan fingerprint density at radius 3 is 2.06 bits per heavy atom. The maximum absolute atomic E-state index is 12.4. The van der Waals surface area contributed by atoms with Crippen LogP contribution in [0.25, 0.3) is 5.57 Å². The van der Waals surface area contributed by atoms with Crippen molar-refractivity contribution in [3.63, 3.8) is 0 Å². The third kappa shape index (κ3) is 6.69. The Balaban J connectivity index is 0.00000272. The van der Waals surface area contributed by atoms with Crippen LogP contribution >= 0.6 is 7.82 Å². The molecule has 33 heavy (non-hydrogen) atoms. The fraction of sp³-hybridized carbons (Fsp3) is 0.250. The van der Waals surface area contributed by atoms with E-state index in [2.05, 4.69) is 4.52 Å². The Hall–Kier alpha value is -1.20. The third-order valence-electron chi connectivity index (χ3n) is 4.42. The van der Waals surface area contributed by atoms with Gasteiger partial charge in [-0.3, -0.25) is 4.79 Å². The maximum atomic E-state index is 12.4. The van der Waals surface area contributed by atoms with Crippen molar-refractivity contribution in [2.75, 3.05) is 35.0 Å². The number of hydrogen-bond donors (Lipinski definition) is 0. The number of fused-ring (bicyclic) bond motifs is 1. The van der Waals surface area contributed by atoms with Crippen molar-refractivity contribution in [1.82, 2.24) is 0 Å². The Morgan fingerprint density at radius 2 is 1.52 bits per heavy atom. The summed E-state index contributed by atoms with van der Waals surface area (Å²) in [5, 5.41) is 0. The van der Waals surface area contributed by atoms with Gasteiger partial charge in [0.1, 0.15) is 7.82 Å². The molecule has 10 nitrogen and oxygen atoms in total. The normalized spacial score (nSPS) is 12.5. The largest absolute Gasteiger partial charge is 1.00 e. The first-order valence-electron chi connectivity index (χ1n) is 8.83. The maximum Gasteiger partial charge on any atom is 1.00 e. The molecule has 1 aliphatic heterocycles. The first kappa shape index (κ1) is 29.8. The van der Waals surface area contributed by atoms with E-state index in [4.69, 9.17) is 23.7 Å². The molecule has 0 atom stereocenters. The van der Waals surface area contributed by atoms with Crippen LogP contribution in [0.4, 0.5) is 0 Å². The summed E-state index contributed by atoms with van der Waals surface area (Å²) in [6, 6.07) is 5.86. The minimum atomic E-state index is -5.36. The molecule has 1 aliphatic rings. The SMILES string of the molecule is COc1ccc(C2=CC(=O)COc3c2cc(OC)c(OC)c3OC)cc1OP(=O)([O-])[O-].[Na+].[Na+]. The molecule has 0 saturated carbocycles. The zero-order chi connectivity index (χ0) is 22.8. The molecule has 0 fully saturated rings. The number of ketones is 1. The molecule has 0 N–H and O–H groups in total.